The molecule has 1 rings (SSSR count). The summed E-state index contributed by atoms with van der Waals surface area (Å²) in [4.78, 5) is 2.10. The van der Waals surface area contributed by atoms with Crippen molar-refractivity contribution >= 4 is 0 Å². The molecule has 0 unspecified atom stereocenters. The normalized spacial score (nSPS) is 15.6. The summed E-state index contributed by atoms with van der Waals surface area (Å²) in [7, 11) is 4.07. The first-order chi connectivity index (χ1) is 10.2. The Bertz CT molecular complexity index is 299. The van der Waals surface area contributed by atoms with Gasteiger partial charge in [0.1, 0.15) is 0 Å². The van der Waals surface area contributed by atoms with E-state index in [-0.39, 0.29) is 0 Å². The zero-order valence-electron chi connectivity index (χ0n) is 17.3. The van der Waals surface area contributed by atoms with Crippen molar-refractivity contribution in [3.8, 4) is 0 Å². The van der Waals surface area contributed by atoms with E-state index in [4.69, 9.17) is 5.73 Å². The highest BCUT2D eigenvalue weighted by molar-refractivity contribution is 5.16. The molecule has 0 spiro atoms. The van der Waals surface area contributed by atoms with E-state index in [1.54, 1.807) is 0 Å². The highest BCUT2D eigenvalue weighted by atomic mass is 15.0. The Morgan fingerprint density at radius 2 is 1.64 bits per heavy atom. The smallest absolute Gasteiger partial charge is 0.0181 e. The van der Waals surface area contributed by atoms with Gasteiger partial charge in [0.05, 0.1) is 0 Å². The van der Waals surface area contributed by atoms with Gasteiger partial charge in [-0.3, -0.25) is 0 Å². The molecule has 0 aromatic carbocycles. The molecule has 0 heterocycles. The van der Waals surface area contributed by atoms with Gasteiger partial charge in [-0.25, -0.2) is 0 Å². The predicted octanol–water partition coefficient (Wildman–Crippen LogP) is 6.00. The molecule has 22 heavy (non-hydrogen) atoms. The summed E-state index contributed by atoms with van der Waals surface area (Å²) >= 11 is 0. The van der Waals surface area contributed by atoms with Crippen LogP contribution in [0.3, 0.4) is 0 Å². The fourth-order valence-corrected chi connectivity index (χ4v) is 2.32. The molecule has 2 nitrogen and oxygen atoms in total. The van der Waals surface area contributed by atoms with Crippen LogP contribution in [0, 0.1) is 5.41 Å². The van der Waals surface area contributed by atoms with Gasteiger partial charge in [0, 0.05) is 12.2 Å². The number of nitrogens with zero attached hydrogens (tertiary/aromatic N) is 1. The van der Waals surface area contributed by atoms with Crippen molar-refractivity contribution in [3.63, 3.8) is 0 Å². The van der Waals surface area contributed by atoms with Crippen molar-refractivity contribution in [1.29, 1.82) is 0 Å². The molecule has 0 saturated carbocycles. The Labute approximate surface area is 141 Å². The molecule has 2 heteroatoms. The molecule has 0 atom stereocenters. The number of likely N-dealkylation sites (N-methyl/N-ethyl adjacent to an activating group) is 1. The van der Waals surface area contributed by atoms with Crippen molar-refractivity contribution in [1.82, 2.24) is 4.90 Å². The van der Waals surface area contributed by atoms with Gasteiger partial charge in [-0.2, -0.15) is 0 Å². The van der Waals surface area contributed by atoms with Crippen molar-refractivity contribution < 1.29 is 0 Å². The largest absolute Gasteiger partial charge is 0.402 e. The maximum Gasteiger partial charge on any atom is 0.0181 e. The SMILES string of the molecule is C=C(C)CN(C)C.CC.CC.CCC1=C(N)CCC(C)(C)C1. The van der Waals surface area contributed by atoms with E-state index in [1.165, 1.54) is 24.0 Å². The van der Waals surface area contributed by atoms with Crippen LogP contribution in [-0.2, 0) is 0 Å². The number of hydrogen-bond donors (Lipinski definition) is 1. The van der Waals surface area contributed by atoms with Gasteiger partial charge in [0.15, 0.2) is 0 Å². The van der Waals surface area contributed by atoms with Gasteiger partial charge in [-0.05, 0) is 52.1 Å². The van der Waals surface area contributed by atoms with Gasteiger partial charge in [-0.1, -0.05) is 66.2 Å². The highest BCUT2D eigenvalue weighted by Gasteiger charge is 2.24. The topological polar surface area (TPSA) is 29.3 Å². The lowest BCUT2D eigenvalue weighted by molar-refractivity contribution is 0.309. The fraction of sp³-hybridized carbons (Fsp3) is 0.800. The molecule has 2 N–H and O–H groups in total. The van der Waals surface area contributed by atoms with Crippen molar-refractivity contribution in [2.24, 2.45) is 11.1 Å². The average Bonchev–Trinajstić information content (AvgIpc) is 2.45. The standard InChI is InChI=1S/C10H19N.C6H13N.2C2H6/c1-4-8-7-10(2,3)6-5-9(8)11;1-6(2)5-7(3)4;2*1-2/h4-7,11H2,1-3H3;1,5H2,2-4H3;2*1-2H3. The maximum absolute atomic E-state index is 5.89. The van der Waals surface area contributed by atoms with Crippen LogP contribution in [0.25, 0.3) is 0 Å². The van der Waals surface area contributed by atoms with E-state index in [0.717, 1.165) is 25.1 Å². The molecule has 0 bridgehead atoms. The molecule has 0 amide bonds. The van der Waals surface area contributed by atoms with Crippen molar-refractivity contribution in [3.05, 3.63) is 23.4 Å². The summed E-state index contributed by atoms with van der Waals surface area (Å²) in [6, 6.07) is 0. The fourth-order valence-electron chi connectivity index (χ4n) is 2.32. The van der Waals surface area contributed by atoms with Crippen LogP contribution in [0.4, 0.5) is 0 Å². The summed E-state index contributed by atoms with van der Waals surface area (Å²) in [5.41, 5.74) is 10.2. The number of nitrogens with two attached hydrogens (primary N) is 1. The Hall–Kier alpha value is -0.760. The first kappa shape index (κ1) is 26.2. The Morgan fingerprint density at radius 1 is 1.18 bits per heavy atom. The van der Waals surface area contributed by atoms with E-state index < -0.39 is 0 Å². The zero-order valence-corrected chi connectivity index (χ0v) is 17.3. The van der Waals surface area contributed by atoms with Crippen molar-refractivity contribution in [2.45, 2.75) is 81.1 Å². The maximum atomic E-state index is 5.89. The van der Waals surface area contributed by atoms with Gasteiger partial charge < -0.3 is 10.6 Å². The highest BCUT2D eigenvalue weighted by Crippen LogP contribution is 2.37. The monoisotopic (exact) mass is 312 g/mol. The zero-order chi connectivity index (χ0) is 18.3. The average molecular weight is 313 g/mol. The van der Waals surface area contributed by atoms with Gasteiger partial charge in [0.2, 0.25) is 0 Å². The third-order valence-electron chi connectivity index (χ3n) is 3.23. The predicted molar refractivity (Wildman–Crippen MR) is 105 cm³/mol. The molecule has 1 aliphatic rings. The minimum atomic E-state index is 0.494. The molecular formula is C20H44N2. The molecule has 0 radical (unpaired) electrons. The van der Waals surface area contributed by atoms with Crippen LogP contribution in [-0.4, -0.2) is 25.5 Å². The number of hydrogen-bond acceptors (Lipinski definition) is 2. The second-order valence-corrected chi connectivity index (χ2v) is 6.52. The van der Waals surface area contributed by atoms with Gasteiger partial charge in [-0.15, -0.1) is 0 Å². The third kappa shape index (κ3) is 15.6. The first-order valence-electron chi connectivity index (χ1n) is 8.93. The second-order valence-electron chi connectivity index (χ2n) is 6.52. The summed E-state index contributed by atoms with van der Waals surface area (Å²) < 4.78 is 0. The summed E-state index contributed by atoms with van der Waals surface area (Å²) in [5.74, 6) is 0. The van der Waals surface area contributed by atoms with Crippen LogP contribution in [0.1, 0.15) is 81.1 Å². The van der Waals surface area contributed by atoms with Gasteiger partial charge in [0.25, 0.3) is 0 Å². The molecule has 0 saturated heterocycles. The lowest BCUT2D eigenvalue weighted by Gasteiger charge is -2.31. The molecule has 0 aromatic heterocycles. The molecule has 0 fully saturated rings. The lowest BCUT2D eigenvalue weighted by atomic mass is 9.75. The molecule has 0 aromatic rings. The van der Waals surface area contributed by atoms with Crippen molar-refractivity contribution in [2.75, 3.05) is 20.6 Å². The van der Waals surface area contributed by atoms with Crippen LogP contribution in [0.5, 0.6) is 0 Å². The number of allylic oxidation sites excluding steroid dienone is 2. The van der Waals surface area contributed by atoms with Crippen LogP contribution in [0.2, 0.25) is 0 Å². The molecule has 1 aliphatic carbocycles. The Balaban J connectivity index is -0.000000285. The summed E-state index contributed by atoms with van der Waals surface area (Å²) in [6.45, 7) is 21.6. The summed E-state index contributed by atoms with van der Waals surface area (Å²) in [6.07, 6.45) is 4.70. The van der Waals surface area contributed by atoms with E-state index in [0.29, 0.717) is 5.41 Å². The minimum Gasteiger partial charge on any atom is -0.402 e. The molecule has 0 aliphatic heterocycles. The van der Waals surface area contributed by atoms with E-state index in [9.17, 15) is 0 Å². The Kier molecular flexibility index (Phi) is 18.0. The Morgan fingerprint density at radius 3 is 1.86 bits per heavy atom. The minimum absolute atomic E-state index is 0.494. The number of rotatable bonds is 3. The molecular weight excluding hydrogens is 268 g/mol. The lowest BCUT2D eigenvalue weighted by Crippen LogP contribution is -2.21. The van der Waals surface area contributed by atoms with Crippen LogP contribution >= 0.6 is 0 Å². The molecule has 134 valence electrons. The van der Waals surface area contributed by atoms with E-state index in [1.807, 2.05) is 48.7 Å². The van der Waals surface area contributed by atoms with E-state index >= 15 is 0 Å². The quantitative estimate of drug-likeness (QED) is 0.648. The van der Waals surface area contributed by atoms with Gasteiger partial charge >= 0.3 is 0 Å². The third-order valence-corrected chi connectivity index (χ3v) is 3.23. The first-order valence-corrected chi connectivity index (χ1v) is 8.93. The second kappa shape index (κ2) is 15.1. The van der Waals surface area contributed by atoms with Crippen LogP contribution < -0.4 is 5.73 Å². The van der Waals surface area contributed by atoms with E-state index in [2.05, 4.69) is 32.3 Å². The van der Waals surface area contributed by atoms with Crippen LogP contribution in [0.15, 0.2) is 23.4 Å². The summed E-state index contributed by atoms with van der Waals surface area (Å²) in [5, 5.41) is 0.